The molecule has 3 aromatic rings. The number of furan rings is 1. The van der Waals surface area contributed by atoms with E-state index in [4.69, 9.17) is 30.6 Å². The minimum atomic E-state index is -0.402. The maximum atomic E-state index is 6.46. The third-order valence-electron chi connectivity index (χ3n) is 5.24. The molecule has 2 aliphatic rings. The molecule has 0 fully saturated rings. The van der Waals surface area contributed by atoms with Crippen LogP contribution in [0.25, 0.3) is 0 Å². The van der Waals surface area contributed by atoms with Gasteiger partial charge in [0.25, 0.3) is 0 Å². The van der Waals surface area contributed by atoms with Crippen molar-refractivity contribution in [2.75, 3.05) is 6.61 Å². The summed E-state index contributed by atoms with van der Waals surface area (Å²) in [5.41, 5.74) is 2.92. The van der Waals surface area contributed by atoms with E-state index in [9.17, 15) is 0 Å². The Morgan fingerprint density at radius 3 is 2.79 bits per heavy atom. The first-order valence-electron chi connectivity index (χ1n) is 9.74. The van der Waals surface area contributed by atoms with Gasteiger partial charge in [-0.15, -0.1) is 0 Å². The van der Waals surface area contributed by atoms with Crippen molar-refractivity contribution in [1.82, 2.24) is 5.01 Å². The van der Waals surface area contributed by atoms with Crippen LogP contribution >= 0.6 is 11.6 Å². The van der Waals surface area contributed by atoms with Gasteiger partial charge in [0.15, 0.2) is 11.5 Å². The van der Waals surface area contributed by atoms with Gasteiger partial charge in [-0.2, -0.15) is 5.10 Å². The van der Waals surface area contributed by atoms with Crippen molar-refractivity contribution >= 4 is 17.3 Å². The molecule has 6 heteroatoms. The maximum Gasteiger partial charge on any atom is 0.214 e. The summed E-state index contributed by atoms with van der Waals surface area (Å²) < 4.78 is 18.2. The average Bonchev–Trinajstić information content (AvgIpc) is 3.34. The fraction of sp³-hybridized carbons (Fsp3) is 0.261. The van der Waals surface area contributed by atoms with E-state index in [0.717, 1.165) is 46.3 Å². The molecule has 29 heavy (non-hydrogen) atoms. The highest BCUT2D eigenvalue weighted by Crippen LogP contribution is 2.50. The number of fused-ring (bicyclic) bond motifs is 3. The van der Waals surface area contributed by atoms with Gasteiger partial charge in [-0.1, -0.05) is 35.9 Å². The molecule has 0 amide bonds. The van der Waals surface area contributed by atoms with Crippen LogP contribution in [0.1, 0.15) is 48.3 Å². The molecule has 5 rings (SSSR count). The van der Waals surface area contributed by atoms with E-state index in [-0.39, 0.29) is 6.04 Å². The SMILES string of the molecule is CCOc1cccc2c1O[C@H](c1cccc(Cl)c1)N1N=C(c3ccc(C)o3)C[C@@H]21. The zero-order chi connectivity index (χ0) is 20.0. The van der Waals surface area contributed by atoms with E-state index >= 15 is 0 Å². The van der Waals surface area contributed by atoms with Crippen LogP contribution in [0.15, 0.2) is 64.1 Å². The smallest absolute Gasteiger partial charge is 0.214 e. The number of benzene rings is 2. The predicted molar refractivity (Wildman–Crippen MR) is 112 cm³/mol. The minimum absolute atomic E-state index is 0.0311. The Morgan fingerprint density at radius 1 is 1.17 bits per heavy atom. The molecular weight excluding hydrogens is 388 g/mol. The monoisotopic (exact) mass is 408 g/mol. The molecule has 1 aromatic heterocycles. The van der Waals surface area contributed by atoms with Crippen LogP contribution in [0.2, 0.25) is 5.02 Å². The zero-order valence-electron chi connectivity index (χ0n) is 16.3. The van der Waals surface area contributed by atoms with E-state index in [2.05, 4.69) is 6.07 Å². The summed E-state index contributed by atoms with van der Waals surface area (Å²) in [6.07, 6.45) is 0.331. The topological polar surface area (TPSA) is 47.2 Å². The molecule has 2 atom stereocenters. The highest BCUT2D eigenvalue weighted by Gasteiger charge is 2.42. The molecule has 0 radical (unpaired) electrons. The van der Waals surface area contributed by atoms with Gasteiger partial charge in [0.1, 0.15) is 17.2 Å². The van der Waals surface area contributed by atoms with Crippen molar-refractivity contribution < 1.29 is 13.9 Å². The number of hydrazone groups is 1. The van der Waals surface area contributed by atoms with Crippen LogP contribution in [0, 0.1) is 6.92 Å². The largest absolute Gasteiger partial charge is 0.490 e. The lowest BCUT2D eigenvalue weighted by Gasteiger charge is -2.38. The third-order valence-corrected chi connectivity index (χ3v) is 5.47. The molecule has 0 unspecified atom stereocenters. The van der Waals surface area contributed by atoms with Gasteiger partial charge >= 0.3 is 0 Å². The first-order chi connectivity index (χ1) is 14.1. The van der Waals surface area contributed by atoms with Gasteiger partial charge in [0, 0.05) is 22.6 Å². The van der Waals surface area contributed by atoms with E-state index in [1.165, 1.54) is 0 Å². The lowest BCUT2D eigenvalue weighted by Crippen LogP contribution is -2.33. The normalized spacial score (nSPS) is 20.0. The van der Waals surface area contributed by atoms with Crippen molar-refractivity contribution in [1.29, 1.82) is 0 Å². The van der Waals surface area contributed by atoms with Gasteiger partial charge in [-0.05, 0) is 44.2 Å². The van der Waals surface area contributed by atoms with Crippen LogP contribution in [-0.2, 0) is 0 Å². The van der Waals surface area contributed by atoms with E-state index in [1.807, 2.05) is 67.4 Å². The van der Waals surface area contributed by atoms with Crippen molar-refractivity contribution in [3.05, 3.63) is 82.3 Å². The Kier molecular flexibility index (Phi) is 4.47. The third kappa shape index (κ3) is 3.15. The number of ether oxygens (including phenoxy) is 2. The fourth-order valence-corrected chi connectivity index (χ4v) is 4.17. The summed E-state index contributed by atoms with van der Waals surface area (Å²) >= 11 is 6.27. The van der Waals surface area contributed by atoms with Crippen LogP contribution in [0.5, 0.6) is 11.5 Å². The van der Waals surface area contributed by atoms with E-state index < -0.39 is 6.23 Å². The molecule has 5 nitrogen and oxygen atoms in total. The highest BCUT2D eigenvalue weighted by molar-refractivity contribution is 6.30. The Balaban J connectivity index is 1.62. The van der Waals surface area contributed by atoms with Crippen LogP contribution in [0.3, 0.4) is 0 Å². The quantitative estimate of drug-likeness (QED) is 0.540. The number of halogens is 1. The Bertz CT molecular complexity index is 1090. The number of hydrogen-bond donors (Lipinski definition) is 0. The highest BCUT2D eigenvalue weighted by atomic mass is 35.5. The standard InChI is InChI=1S/C23H21ClN2O3/c1-3-27-21-9-5-8-17-19-13-18(20-11-10-14(2)28-20)25-26(19)23(29-22(17)21)15-6-4-7-16(24)12-15/h4-12,19,23H,3,13H2,1-2H3/t19-,23+/m0/s1. The molecule has 2 aliphatic heterocycles. The second-order valence-electron chi connectivity index (χ2n) is 7.19. The van der Waals surface area contributed by atoms with E-state index in [0.29, 0.717) is 11.6 Å². The van der Waals surface area contributed by atoms with Crippen molar-refractivity contribution in [2.45, 2.75) is 32.5 Å². The molecular formula is C23H21ClN2O3. The average molecular weight is 409 g/mol. The lowest BCUT2D eigenvalue weighted by atomic mass is 9.97. The minimum Gasteiger partial charge on any atom is -0.490 e. The molecule has 0 N–H and O–H groups in total. The summed E-state index contributed by atoms with van der Waals surface area (Å²) in [5, 5.41) is 7.58. The molecule has 148 valence electrons. The Labute approximate surface area is 174 Å². The van der Waals surface area contributed by atoms with E-state index in [1.54, 1.807) is 0 Å². The first kappa shape index (κ1) is 18.1. The Morgan fingerprint density at radius 2 is 2.03 bits per heavy atom. The second-order valence-corrected chi connectivity index (χ2v) is 7.63. The summed E-state index contributed by atoms with van der Waals surface area (Å²) in [6.45, 7) is 4.48. The number of nitrogens with zero attached hydrogens (tertiary/aromatic N) is 2. The fourth-order valence-electron chi connectivity index (χ4n) is 3.97. The summed E-state index contributed by atoms with van der Waals surface area (Å²) in [4.78, 5) is 0. The van der Waals surface area contributed by atoms with Gasteiger partial charge in [0.05, 0.1) is 12.6 Å². The van der Waals surface area contributed by atoms with Crippen LogP contribution < -0.4 is 9.47 Å². The molecule has 2 aromatic carbocycles. The van der Waals surface area contributed by atoms with Gasteiger partial charge < -0.3 is 13.9 Å². The summed E-state index contributed by atoms with van der Waals surface area (Å²) in [7, 11) is 0. The number of aryl methyl sites for hydroxylation is 1. The van der Waals surface area contributed by atoms with Gasteiger partial charge in [-0.25, -0.2) is 5.01 Å². The van der Waals surface area contributed by atoms with Gasteiger partial charge in [-0.3, -0.25) is 0 Å². The molecule has 0 saturated carbocycles. The van der Waals surface area contributed by atoms with Crippen molar-refractivity contribution in [3.8, 4) is 11.5 Å². The summed E-state index contributed by atoms with van der Waals surface area (Å²) in [6, 6.07) is 17.7. The lowest BCUT2D eigenvalue weighted by molar-refractivity contribution is -0.0212. The molecule has 3 heterocycles. The molecule has 0 bridgehead atoms. The summed E-state index contributed by atoms with van der Waals surface area (Å²) in [5.74, 6) is 3.19. The molecule has 0 saturated heterocycles. The zero-order valence-corrected chi connectivity index (χ0v) is 17.0. The Hall–Kier alpha value is -2.92. The molecule has 0 spiro atoms. The predicted octanol–water partition coefficient (Wildman–Crippen LogP) is 5.88. The van der Waals surface area contributed by atoms with Crippen LogP contribution in [0.4, 0.5) is 0 Å². The number of rotatable bonds is 4. The van der Waals surface area contributed by atoms with Crippen molar-refractivity contribution in [2.24, 2.45) is 5.10 Å². The molecule has 0 aliphatic carbocycles. The van der Waals surface area contributed by atoms with Gasteiger partial charge in [0.2, 0.25) is 6.23 Å². The number of para-hydroxylation sites is 1. The number of hydrogen-bond acceptors (Lipinski definition) is 5. The second kappa shape index (κ2) is 7.16. The van der Waals surface area contributed by atoms with Crippen LogP contribution in [-0.4, -0.2) is 17.3 Å². The first-order valence-corrected chi connectivity index (χ1v) is 10.1. The van der Waals surface area contributed by atoms with Crippen molar-refractivity contribution in [3.63, 3.8) is 0 Å². The maximum absolute atomic E-state index is 6.46.